The molecule has 0 unspecified atom stereocenters. The van der Waals surface area contributed by atoms with Crippen LogP contribution in [0.25, 0.3) is 11.4 Å². The van der Waals surface area contributed by atoms with E-state index in [1.54, 1.807) is 11.3 Å². The van der Waals surface area contributed by atoms with Crippen molar-refractivity contribution in [3.05, 3.63) is 46.2 Å². The summed E-state index contributed by atoms with van der Waals surface area (Å²) in [6, 6.07) is 5.17. The van der Waals surface area contributed by atoms with Crippen molar-refractivity contribution in [2.45, 2.75) is 44.8 Å². The molecule has 0 fully saturated rings. The van der Waals surface area contributed by atoms with Crippen LogP contribution in [0.5, 0.6) is 0 Å². The van der Waals surface area contributed by atoms with Crippen LogP contribution in [-0.4, -0.2) is 26.4 Å². The van der Waals surface area contributed by atoms with E-state index in [9.17, 15) is 13.6 Å². The van der Waals surface area contributed by atoms with Gasteiger partial charge in [0.1, 0.15) is 11.6 Å². The fraction of sp³-hybridized carbons (Fsp3) is 0.350. The first kappa shape index (κ1) is 21.4. The van der Waals surface area contributed by atoms with Crippen LogP contribution in [0.2, 0.25) is 0 Å². The smallest absolute Gasteiger partial charge is 0.234 e. The zero-order valence-electron chi connectivity index (χ0n) is 16.4. The third-order valence-electron chi connectivity index (χ3n) is 4.15. The van der Waals surface area contributed by atoms with Gasteiger partial charge < -0.3 is 9.88 Å². The predicted molar refractivity (Wildman–Crippen MR) is 113 cm³/mol. The Morgan fingerprint density at radius 1 is 1.28 bits per heavy atom. The third kappa shape index (κ3) is 5.22. The van der Waals surface area contributed by atoms with Crippen molar-refractivity contribution < 1.29 is 13.6 Å². The van der Waals surface area contributed by atoms with E-state index in [1.165, 1.54) is 22.7 Å². The van der Waals surface area contributed by atoms with E-state index in [2.05, 4.69) is 47.7 Å². The number of amides is 1. The fourth-order valence-electron chi connectivity index (χ4n) is 2.71. The SMILES string of the molecule is CCCn1c(SCC(=O)Nc2ccc(F)cc2F)nnc1-c1csc(C(C)C)c1. The van der Waals surface area contributed by atoms with E-state index < -0.39 is 17.5 Å². The normalized spacial score (nSPS) is 11.2. The average molecular weight is 437 g/mol. The molecule has 0 aliphatic carbocycles. The zero-order chi connectivity index (χ0) is 21.0. The summed E-state index contributed by atoms with van der Waals surface area (Å²) in [7, 11) is 0. The molecule has 0 saturated heterocycles. The topological polar surface area (TPSA) is 59.8 Å². The Labute approximate surface area is 176 Å². The lowest BCUT2D eigenvalue weighted by Crippen LogP contribution is -2.15. The highest BCUT2D eigenvalue weighted by Crippen LogP contribution is 2.31. The molecule has 0 saturated carbocycles. The summed E-state index contributed by atoms with van der Waals surface area (Å²) in [5.41, 5.74) is 0.969. The number of aromatic nitrogens is 3. The van der Waals surface area contributed by atoms with Crippen LogP contribution in [-0.2, 0) is 11.3 Å². The van der Waals surface area contributed by atoms with Crippen LogP contribution < -0.4 is 5.32 Å². The predicted octanol–water partition coefficient (Wildman–Crippen LogP) is 5.55. The van der Waals surface area contributed by atoms with Gasteiger partial charge in [0.25, 0.3) is 0 Å². The summed E-state index contributed by atoms with van der Waals surface area (Å²) in [5, 5.41) is 13.7. The number of nitrogens with one attached hydrogen (secondary N) is 1. The molecule has 29 heavy (non-hydrogen) atoms. The average Bonchev–Trinajstić information content (AvgIpc) is 3.30. The number of hydrogen-bond acceptors (Lipinski definition) is 5. The number of thioether (sulfide) groups is 1. The van der Waals surface area contributed by atoms with E-state index in [4.69, 9.17) is 0 Å². The van der Waals surface area contributed by atoms with Crippen molar-refractivity contribution >= 4 is 34.7 Å². The number of anilines is 1. The molecule has 0 aliphatic heterocycles. The summed E-state index contributed by atoms with van der Waals surface area (Å²) in [4.78, 5) is 13.5. The van der Waals surface area contributed by atoms with Crippen LogP contribution in [0.3, 0.4) is 0 Å². The van der Waals surface area contributed by atoms with Crippen LogP contribution in [0.1, 0.15) is 38.0 Å². The summed E-state index contributed by atoms with van der Waals surface area (Å²) in [5.74, 6) is -0.629. The molecule has 0 aliphatic rings. The molecule has 3 rings (SSSR count). The monoisotopic (exact) mass is 436 g/mol. The van der Waals surface area contributed by atoms with Crippen LogP contribution in [0.15, 0.2) is 34.8 Å². The Bertz CT molecular complexity index is 1000. The minimum Gasteiger partial charge on any atom is -0.323 e. The summed E-state index contributed by atoms with van der Waals surface area (Å²) in [6.07, 6.45) is 0.896. The van der Waals surface area contributed by atoms with Gasteiger partial charge in [-0.2, -0.15) is 0 Å². The van der Waals surface area contributed by atoms with Gasteiger partial charge in [0, 0.05) is 28.4 Å². The van der Waals surface area contributed by atoms with Gasteiger partial charge >= 0.3 is 0 Å². The molecule has 2 aromatic heterocycles. The molecule has 9 heteroatoms. The number of thiophene rings is 1. The second kappa shape index (κ2) is 9.49. The Hall–Kier alpha value is -2.26. The van der Waals surface area contributed by atoms with Crippen molar-refractivity contribution in [1.82, 2.24) is 14.8 Å². The van der Waals surface area contributed by atoms with Crippen molar-refractivity contribution in [2.75, 3.05) is 11.1 Å². The number of nitrogens with zero attached hydrogens (tertiary/aromatic N) is 3. The Kier molecular flexibility index (Phi) is 7.02. The second-order valence-electron chi connectivity index (χ2n) is 6.81. The minimum absolute atomic E-state index is 0.0412. The molecule has 154 valence electrons. The maximum atomic E-state index is 13.7. The molecule has 5 nitrogen and oxygen atoms in total. The summed E-state index contributed by atoms with van der Waals surface area (Å²) >= 11 is 2.93. The molecular formula is C20H22F2N4OS2. The molecule has 1 N–H and O–H groups in total. The van der Waals surface area contributed by atoms with Gasteiger partial charge in [0.05, 0.1) is 11.4 Å². The lowest BCUT2D eigenvalue weighted by atomic mass is 10.1. The van der Waals surface area contributed by atoms with Crippen LogP contribution in [0.4, 0.5) is 14.5 Å². The third-order valence-corrected chi connectivity index (χ3v) is 6.35. The van der Waals surface area contributed by atoms with Gasteiger partial charge in [-0.05, 0) is 30.5 Å². The van der Waals surface area contributed by atoms with Crippen molar-refractivity contribution in [1.29, 1.82) is 0 Å². The van der Waals surface area contributed by atoms with Crippen LogP contribution >= 0.6 is 23.1 Å². The van der Waals surface area contributed by atoms with Gasteiger partial charge in [0.2, 0.25) is 5.91 Å². The minimum atomic E-state index is -0.807. The van der Waals surface area contributed by atoms with Crippen molar-refractivity contribution in [3.8, 4) is 11.4 Å². The van der Waals surface area contributed by atoms with Gasteiger partial charge in [-0.15, -0.1) is 21.5 Å². The molecule has 0 spiro atoms. The number of hydrogen-bond donors (Lipinski definition) is 1. The Balaban J connectivity index is 1.71. The highest BCUT2D eigenvalue weighted by molar-refractivity contribution is 7.99. The summed E-state index contributed by atoms with van der Waals surface area (Å²) in [6.45, 7) is 7.09. The number of rotatable bonds is 8. The Morgan fingerprint density at radius 2 is 2.07 bits per heavy atom. The van der Waals surface area contributed by atoms with E-state index >= 15 is 0 Å². The molecule has 1 amide bonds. The first-order valence-electron chi connectivity index (χ1n) is 9.28. The van der Waals surface area contributed by atoms with E-state index in [0.29, 0.717) is 11.1 Å². The zero-order valence-corrected chi connectivity index (χ0v) is 18.0. The maximum Gasteiger partial charge on any atom is 0.234 e. The molecule has 0 radical (unpaired) electrons. The van der Waals surface area contributed by atoms with Gasteiger partial charge in [-0.1, -0.05) is 32.5 Å². The van der Waals surface area contributed by atoms with Gasteiger partial charge in [0.15, 0.2) is 11.0 Å². The summed E-state index contributed by atoms with van der Waals surface area (Å²) < 4.78 is 28.7. The van der Waals surface area contributed by atoms with E-state index in [0.717, 1.165) is 36.5 Å². The second-order valence-corrected chi connectivity index (χ2v) is 8.70. The molecule has 0 bridgehead atoms. The lowest BCUT2D eigenvalue weighted by Gasteiger charge is -2.09. The van der Waals surface area contributed by atoms with Crippen molar-refractivity contribution in [3.63, 3.8) is 0 Å². The Morgan fingerprint density at radius 3 is 2.72 bits per heavy atom. The standard InChI is InChI=1S/C20H22F2N4OS2/c1-4-7-26-19(13-8-17(12(2)3)28-10-13)24-25-20(26)29-11-18(27)23-16-6-5-14(21)9-15(16)22/h5-6,8-10,12H,4,7,11H2,1-3H3,(H,23,27). The number of carbonyl (C=O) groups is 1. The highest BCUT2D eigenvalue weighted by atomic mass is 32.2. The van der Waals surface area contributed by atoms with Crippen LogP contribution in [0, 0.1) is 11.6 Å². The molecular weight excluding hydrogens is 414 g/mol. The first-order chi connectivity index (χ1) is 13.9. The first-order valence-corrected chi connectivity index (χ1v) is 11.1. The number of halogens is 2. The van der Waals surface area contributed by atoms with E-state index in [1.807, 2.05) is 4.57 Å². The lowest BCUT2D eigenvalue weighted by molar-refractivity contribution is -0.113. The number of benzene rings is 1. The highest BCUT2D eigenvalue weighted by Gasteiger charge is 2.17. The fourth-order valence-corrected chi connectivity index (χ4v) is 4.38. The van der Waals surface area contributed by atoms with Gasteiger partial charge in [-0.25, -0.2) is 8.78 Å². The van der Waals surface area contributed by atoms with Gasteiger partial charge in [-0.3, -0.25) is 4.79 Å². The van der Waals surface area contributed by atoms with Crippen molar-refractivity contribution in [2.24, 2.45) is 0 Å². The maximum absolute atomic E-state index is 13.7. The molecule has 0 atom stereocenters. The molecule has 2 heterocycles. The van der Waals surface area contributed by atoms with E-state index in [-0.39, 0.29) is 11.4 Å². The molecule has 1 aromatic carbocycles. The largest absolute Gasteiger partial charge is 0.323 e. The quantitative estimate of drug-likeness (QED) is 0.471. The number of carbonyl (C=O) groups excluding carboxylic acids is 1. The molecule has 3 aromatic rings.